The Hall–Kier alpha value is -1.87. The van der Waals surface area contributed by atoms with Crippen molar-refractivity contribution in [3.63, 3.8) is 0 Å². The van der Waals surface area contributed by atoms with E-state index in [0.29, 0.717) is 4.88 Å². The molecule has 1 heterocycles. The fourth-order valence-corrected chi connectivity index (χ4v) is 1.54. The van der Waals surface area contributed by atoms with Crippen LogP contribution < -0.4 is 0 Å². The topological polar surface area (TPSA) is 70.5 Å². The van der Waals surface area contributed by atoms with E-state index >= 15 is 0 Å². The molecule has 0 saturated heterocycles. The molecule has 1 N–H and O–H groups in total. The van der Waals surface area contributed by atoms with Crippen molar-refractivity contribution in [2.75, 3.05) is 13.1 Å². The van der Waals surface area contributed by atoms with Crippen LogP contribution in [0.3, 0.4) is 0 Å². The predicted octanol–water partition coefficient (Wildman–Crippen LogP) is 0.303. The Morgan fingerprint density at radius 1 is 1.67 bits per heavy atom. The lowest BCUT2D eigenvalue weighted by atomic mass is 10.4. The van der Waals surface area contributed by atoms with Crippen LogP contribution in [0.15, 0.2) is 11.7 Å². The highest BCUT2D eigenvalue weighted by molar-refractivity contribution is 7.11. The summed E-state index contributed by atoms with van der Waals surface area (Å²) in [7, 11) is 0. The van der Waals surface area contributed by atoms with Crippen LogP contribution in [-0.2, 0) is 4.79 Å². The molecule has 0 aliphatic rings. The normalized spacial score (nSPS) is 9.27. The van der Waals surface area contributed by atoms with E-state index in [1.807, 2.05) is 0 Å². The van der Waals surface area contributed by atoms with Gasteiger partial charge in [0.1, 0.15) is 11.4 Å². The first kappa shape index (κ1) is 11.2. The Morgan fingerprint density at radius 3 is 2.87 bits per heavy atom. The number of rotatable bonds is 4. The minimum atomic E-state index is -1.09. The van der Waals surface area contributed by atoms with Crippen LogP contribution in [0, 0.1) is 12.3 Å². The van der Waals surface area contributed by atoms with Gasteiger partial charge in [0, 0.05) is 0 Å². The standard InChI is InChI=1S/C9H8N2O3S/c1-2-3-11(5-8(12)13)9(14)7-4-10-6-15-7/h1,4,6H,3,5H2,(H,12,13). The molecule has 1 amide bonds. The number of aromatic nitrogens is 1. The third kappa shape index (κ3) is 3.07. The number of aliphatic carboxylic acids is 1. The predicted molar refractivity (Wildman–Crippen MR) is 54.5 cm³/mol. The van der Waals surface area contributed by atoms with Gasteiger partial charge >= 0.3 is 5.97 Å². The van der Waals surface area contributed by atoms with E-state index in [-0.39, 0.29) is 6.54 Å². The van der Waals surface area contributed by atoms with Crippen molar-refractivity contribution in [1.29, 1.82) is 0 Å². The Labute approximate surface area is 90.4 Å². The van der Waals surface area contributed by atoms with Crippen molar-refractivity contribution < 1.29 is 14.7 Å². The molecule has 0 radical (unpaired) electrons. The number of carbonyl (C=O) groups excluding carboxylic acids is 1. The molecule has 1 aromatic rings. The lowest BCUT2D eigenvalue weighted by Crippen LogP contribution is -2.35. The van der Waals surface area contributed by atoms with E-state index in [0.717, 1.165) is 16.2 Å². The lowest BCUT2D eigenvalue weighted by molar-refractivity contribution is -0.137. The van der Waals surface area contributed by atoms with Crippen molar-refractivity contribution in [3.05, 3.63) is 16.6 Å². The molecule has 1 aromatic heterocycles. The van der Waals surface area contributed by atoms with Crippen molar-refractivity contribution in [2.45, 2.75) is 0 Å². The average molecular weight is 224 g/mol. The SMILES string of the molecule is C#CCN(CC(=O)O)C(=O)c1cncs1. The van der Waals surface area contributed by atoms with Gasteiger partial charge in [-0.1, -0.05) is 5.92 Å². The number of nitrogens with zero attached hydrogens (tertiary/aromatic N) is 2. The molecule has 5 nitrogen and oxygen atoms in total. The minimum Gasteiger partial charge on any atom is -0.480 e. The van der Waals surface area contributed by atoms with E-state index in [1.165, 1.54) is 11.7 Å². The molecule has 0 saturated carbocycles. The quantitative estimate of drug-likeness (QED) is 0.747. The van der Waals surface area contributed by atoms with Gasteiger partial charge in [-0.15, -0.1) is 17.8 Å². The van der Waals surface area contributed by atoms with Crippen LogP contribution in [0.2, 0.25) is 0 Å². The third-order valence-corrected chi connectivity index (χ3v) is 2.30. The van der Waals surface area contributed by atoms with Crippen LogP contribution in [0.25, 0.3) is 0 Å². The number of hydrogen-bond acceptors (Lipinski definition) is 4. The first-order valence-electron chi connectivity index (χ1n) is 3.98. The van der Waals surface area contributed by atoms with Gasteiger partial charge in [0.2, 0.25) is 0 Å². The number of terminal acetylenes is 1. The molecule has 6 heteroatoms. The number of amides is 1. The lowest BCUT2D eigenvalue weighted by Gasteiger charge is -2.16. The number of thiazole rings is 1. The van der Waals surface area contributed by atoms with Gasteiger partial charge in [0.25, 0.3) is 5.91 Å². The average Bonchev–Trinajstić information content (AvgIpc) is 2.68. The second-order valence-electron chi connectivity index (χ2n) is 2.62. The van der Waals surface area contributed by atoms with Crippen LogP contribution in [0.5, 0.6) is 0 Å². The van der Waals surface area contributed by atoms with Gasteiger partial charge in [-0.3, -0.25) is 14.6 Å². The number of carboxylic acid groups (broad SMARTS) is 1. The fourth-order valence-electron chi connectivity index (χ4n) is 0.950. The van der Waals surface area contributed by atoms with Crippen LogP contribution in [-0.4, -0.2) is 40.0 Å². The molecule has 78 valence electrons. The Kier molecular flexibility index (Phi) is 3.83. The molecule has 0 aliphatic carbocycles. The highest BCUT2D eigenvalue weighted by Crippen LogP contribution is 2.09. The molecule has 0 spiro atoms. The summed E-state index contributed by atoms with van der Waals surface area (Å²) in [6, 6.07) is 0. The molecule has 1 rings (SSSR count). The first-order valence-corrected chi connectivity index (χ1v) is 4.86. The molecule has 0 fully saturated rings. The summed E-state index contributed by atoms with van der Waals surface area (Å²) in [4.78, 5) is 27.3. The Morgan fingerprint density at radius 2 is 2.40 bits per heavy atom. The van der Waals surface area contributed by atoms with Crippen molar-refractivity contribution in [3.8, 4) is 12.3 Å². The largest absolute Gasteiger partial charge is 0.480 e. The minimum absolute atomic E-state index is 0.0248. The van der Waals surface area contributed by atoms with Gasteiger partial charge in [-0.05, 0) is 0 Å². The van der Waals surface area contributed by atoms with E-state index < -0.39 is 18.4 Å². The van der Waals surface area contributed by atoms with Crippen LogP contribution >= 0.6 is 11.3 Å². The highest BCUT2D eigenvalue weighted by atomic mass is 32.1. The van der Waals surface area contributed by atoms with Crippen molar-refractivity contribution >= 4 is 23.2 Å². The number of carboxylic acids is 1. The zero-order valence-electron chi connectivity index (χ0n) is 7.71. The Balaban J connectivity index is 2.76. The summed E-state index contributed by atoms with van der Waals surface area (Å²) >= 11 is 1.15. The van der Waals surface area contributed by atoms with Gasteiger partial charge in [-0.25, -0.2) is 0 Å². The maximum Gasteiger partial charge on any atom is 0.323 e. The van der Waals surface area contributed by atoms with Crippen molar-refractivity contribution in [2.24, 2.45) is 0 Å². The molecule has 0 aliphatic heterocycles. The van der Waals surface area contributed by atoms with Crippen molar-refractivity contribution in [1.82, 2.24) is 9.88 Å². The smallest absolute Gasteiger partial charge is 0.323 e. The highest BCUT2D eigenvalue weighted by Gasteiger charge is 2.18. The molecule has 0 atom stereocenters. The van der Waals surface area contributed by atoms with E-state index in [9.17, 15) is 9.59 Å². The molecular weight excluding hydrogens is 216 g/mol. The summed E-state index contributed by atoms with van der Waals surface area (Å²) in [5.41, 5.74) is 1.50. The zero-order chi connectivity index (χ0) is 11.3. The Bertz CT molecular complexity index is 394. The molecule has 0 unspecified atom stereocenters. The van der Waals surface area contributed by atoms with Gasteiger partial charge in [-0.2, -0.15) is 0 Å². The summed E-state index contributed by atoms with van der Waals surface area (Å²) in [6.45, 7) is -0.427. The maximum absolute atomic E-state index is 11.7. The summed E-state index contributed by atoms with van der Waals surface area (Å²) in [6.07, 6.45) is 6.43. The molecule has 15 heavy (non-hydrogen) atoms. The zero-order valence-corrected chi connectivity index (χ0v) is 8.53. The van der Waals surface area contributed by atoms with Gasteiger partial charge < -0.3 is 10.0 Å². The maximum atomic E-state index is 11.7. The monoisotopic (exact) mass is 224 g/mol. The molecule has 0 aromatic carbocycles. The van der Waals surface area contributed by atoms with Gasteiger partial charge in [0.15, 0.2) is 0 Å². The molecule has 0 bridgehead atoms. The third-order valence-electron chi connectivity index (χ3n) is 1.54. The number of hydrogen-bond donors (Lipinski definition) is 1. The van der Waals surface area contributed by atoms with Crippen LogP contribution in [0.4, 0.5) is 0 Å². The summed E-state index contributed by atoms with van der Waals surface area (Å²) in [5, 5.41) is 8.58. The first-order chi connectivity index (χ1) is 7.15. The fraction of sp³-hybridized carbons (Fsp3) is 0.222. The second-order valence-corrected chi connectivity index (χ2v) is 3.51. The van der Waals surface area contributed by atoms with E-state index in [1.54, 1.807) is 0 Å². The number of carbonyl (C=O) groups is 2. The second kappa shape index (κ2) is 5.12. The van der Waals surface area contributed by atoms with Gasteiger partial charge in [0.05, 0.1) is 18.3 Å². The molecular formula is C9H8N2O3S. The van der Waals surface area contributed by atoms with Crippen LogP contribution in [0.1, 0.15) is 9.67 Å². The van der Waals surface area contributed by atoms with E-state index in [2.05, 4.69) is 10.9 Å². The summed E-state index contributed by atoms with van der Waals surface area (Å²) in [5.74, 6) is 0.743. The van der Waals surface area contributed by atoms with E-state index in [4.69, 9.17) is 11.5 Å². The summed E-state index contributed by atoms with van der Waals surface area (Å²) < 4.78 is 0.